The fourth-order valence-corrected chi connectivity index (χ4v) is 1.56. The van der Waals surface area contributed by atoms with E-state index in [2.05, 4.69) is 30.7 Å². The van der Waals surface area contributed by atoms with E-state index in [0.29, 0.717) is 0 Å². The highest BCUT2D eigenvalue weighted by Crippen LogP contribution is 2.21. The molecule has 1 rings (SSSR count). The van der Waals surface area contributed by atoms with Gasteiger partial charge in [-0.05, 0) is 12.1 Å². The molecule has 2 heteroatoms. The number of hydrogen-bond acceptors (Lipinski definition) is 1. The number of nitrogens with zero attached hydrogens (tertiary/aromatic N) is 2. The lowest BCUT2D eigenvalue weighted by molar-refractivity contribution is 0.481. The fourth-order valence-electron chi connectivity index (χ4n) is 1.56. The molecule has 0 aliphatic carbocycles. The Labute approximate surface area is 92.6 Å². The van der Waals surface area contributed by atoms with Crippen molar-refractivity contribution in [2.45, 2.75) is 20.8 Å². The minimum absolute atomic E-state index is 0.0688. The van der Waals surface area contributed by atoms with Crippen LogP contribution in [0.1, 0.15) is 20.8 Å². The van der Waals surface area contributed by atoms with E-state index in [-0.39, 0.29) is 5.41 Å². The molecule has 0 aliphatic rings. The van der Waals surface area contributed by atoms with Crippen LogP contribution in [0, 0.1) is 5.41 Å². The van der Waals surface area contributed by atoms with Gasteiger partial charge in [-0.25, -0.2) is 4.99 Å². The molecule has 0 atom stereocenters. The van der Waals surface area contributed by atoms with E-state index in [1.54, 1.807) is 0 Å². The van der Waals surface area contributed by atoms with Gasteiger partial charge in [-0.3, -0.25) is 0 Å². The molecule has 0 unspecified atom stereocenters. The van der Waals surface area contributed by atoms with Crippen LogP contribution >= 0.6 is 0 Å². The first-order valence-electron chi connectivity index (χ1n) is 5.23. The molecule has 0 saturated carbocycles. The first-order chi connectivity index (χ1) is 6.91. The van der Waals surface area contributed by atoms with Gasteiger partial charge in [-0.15, -0.1) is 0 Å². The third kappa shape index (κ3) is 3.39. The van der Waals surface area contributed by atoms with E-state index >= 15 is 0 Å². The topological polar surface area (TPSA) is 15.6 Å². The molecule has 0 saturated heterocycles. The standard InChI is InChI=1S/C13H20N2/c1-13(2,3)12(15(4)5)14-11-9-7-6-8-10-11/h6-10H,1-5H3. The van der Waals surface area contributed by atoms with Crippen molar-refractivity contribution in [3.8, 4) is 0 Å². The molecular formula is C13H20N2. The number of rotatable bonds is 1. The molecular weight excluding hydrogens is 184 g/mol. The van der Waals surface area contributed by atoms with Gasteiger partial charge in [0.2, 0.25) is 0 Å². The van der Waals surface area contributed by atoms with Crippen LogP contribution in [-0.4, -0.2) is 24.8 Å². The largest absolute Gasteiger partial charge is 0.366 e. The van der Waals surface area contributed by atoms with E-state index in [0.717, 1.165) is 11.5 Å². The Morgan fingerprint density at radius 3 is 2.00 bits per heavy atom. The van der Waals surface area contributed by atoms with E-state index < -0.39 is 0 Å². The Hall–Kier alpha value is -1.31. The van der Waals surface area contributed by atoms with Gasteiger partial charge in [0.1, 0.15) is 5.84 Å². The van der Waals surface area contributed by atoms with E-state index in [9.17, 15) is 0 Å². The maximum Gasteiger partial charge on any atom is 0.110 e. The molecule has 0 aromatic heterocycles. The molecule has 1 aromatic rings. The van der Waals surface area contributed by atoms with Gasteiger partial charge in [-0.1, -0.05) is 39.0 Å². The van der Waals surface area contributed by atoms with Crippen LogP contribution in [0.5, 0.6) is 0 Å². The lowest BCUT2D eigenvalue weighted by atomic mass is 9.94. The molecule has 0 spiro atoms. The molecule has 0 aliphatic heterocycles. The van der Waals surface area contributed by atoms with E-state index in [1.807, 2.05) is 44.4 Å². The quantitative estimate of drug-likeness (QED) is 0.506. The zero-order valence-corrected chi connectivity index (χ0v) is 10.3. The summed E-state index contributed by atoms with van der Waals surface area (Å²) in [6.45, 7) is 6.53. The minimum atomic E-state index is 0.0688. The third-order valence-electron chi connectivity index (χ3n) is 2.09. The van der Waals surface area contributed by atoms with Gasteiger partial charge < -0.3 is 4.90 Å². The van der Waals surface area contributed by atoms with Crippen LogP contribution in [0.4, 0.5) is 5.69 Å². The number of amidine groups is 1. The van der Waals surface area contributed by atoms with E-state index in [4.69, 9.17) is 0 Å². The van der Waals surface area contributed by atoms with Crippen molar-refractivity contribution in [3.05, 3.63) is 30.3 Å². The van der Waals surface area contributed by atoms with Crippen LogP contribution in [0.25, 0.3) is 0 Å². The van der Waals surface area contributed by atoms with Gasteiger partial charge in [0.15, 0.2) is 0 Å². The molecule has 0 fully saturated rings. The van der Waals surface area contributed by atoms with Gasteiger partial charge in [0.25, 0.3) is 0 Å². The Morgan fingerprint density at radius 1 is 1.07 bits per heavy atom. The van der Waals surface area contributed by atoms with E-state index in [1.165, 1.54) is 0 Å². The lowest BCUT2D eigenvalue weighted by Crippen LogP contribution is -2.33. The van der Waals surface area contributed by atoms with Crippen LogP contribution < -0.4 is 0 Å². The average Bonchev–Trinajstić information content (AvgIpc) is 2.13. The van der Waals surface area contributed by atoms with Gasteiger partial charge in [0.05, 0.1) is 5.69 Å². The van der Waals surface area contributed by atoms with Crippen LogP contribution in [0.2, 0.25) is 0 Å². The number of aliphatic imine (C=N–C) groups is 1. The highest BCUT2D eigenvalue weighted by molar-refractivity contribution is 5.89. The summed E-state index contributed by atoms with van der Waals surface area (Å²) in [6.07, 6.45) is 0. The number of benzene rings is 1. The summed E-state index contributed by atoms with van der Waals surface area (Å²) in [5.41, 5.74) is 1.08. The van der Waals surface area contributed by atoms with Crippen molar-refractivity contribution in [3.63, 3.8) is 0 Å². The highest BCUT2D eigenvalue weighted by Gasteiger charge is 2.20. The Kier molecular flexibility index (Phi) is 3.51. The minimum Gasteiger partial charge on any atom is -0.366 e. The van der Waals surface area contributed by atoms with Gasteiger partial charge >= 0.3 is 0 Å². The molecule has 15 heavy (non-hydrogen) atoms. The molecule has 0 radical (unpaired) electrons. The molecule has 0 N–H and O–H groups in total. The second kappa shape index (κ2) is 4.47. The normalized spacial score (nSPS) is 12.7. The first-order valence-corrected chi connectivity index (χ1v) is 5.23. The summed E-state index contributed by atoms with van der Waals surface area (Å²) in [4.78, 5) is 6.75. The van der Waals surface area contributed by atoms with Gasteiger partial charge in [0, 0.05) is 19.5 Å². The third-order valence-corrected chi connectivity index (χ3v) is 2.09. The van der Waals surface area contributed by atoms with Crippen molar-refractivity contribution in [2.24, 2.45) is 10.4 Å². The second-order valence-corrected chi connectivity index (χ2v) is 4.92. The summed E-state index contributed by atoms with van der Waals surface area (Å²) >= 11 is 0. The highest BCUT2D eigenvalue weighted by atomic mass is 15.1. The molecule has 1 aromatic carbocycles. The first kappa shape index (κ1) is 11.8. The molecule has 0 heterocycles. The Morgan fingerprint density at radius 2 is 1.60 bits per heavy atom. The van der Waals surface area contributed by atoms with Crippen molar-refractivity contribution < 1.29 is 0 Å². The van der Waals surface area contributed by atoms with Crippen molar-refractivity contribution in [1.29, 1.82) is 0 Å². The fraction of sp³-hybridized carbons (Fsp3) is 0.462. The predicted molar refractivity (Wildman–Crippen MR) is 66.7 cm³/mol. The monoisotopic (exact) mass is 204 g/mol. The molecule has 2 nitrogen and oxygen atoms in total. The van der Waals surface area contributed by atoms with Crippen LogP contribution in [0.15, 0.2) is 35.3 Å². The molecule has 82 valence electrons. The smallest absolute Gasteiger partial charge is 0.110 e. The molecule has 0 bridgehead atoms. The Bertz CT molecular complexity index is 331. The van der Waals surface area contributed by atoms with Crippen molar-refractivity contribution in [2.75, 3.05) is 14.1 Å². The van der Waals surface area contributed by atoms with Crippen LogP contribution in [0.3, 0.4) is 0 Å². The lowest BCUT2D eigenvalue weighted by Gasteiger charge is -2.27. The second-order valence-electron chi connectivity index (χ2n) is 4.92. The summed E-state index contributed by atoms with van der Waals surface area (Å²) < 4.78 is 0. The zero-order valence-electron chi connectivity index (χ0n) is 10.3. The van der Waals surface area contributed by atoms with Crippen molar-refractivity contribution in [1.82, 2.24) is 4.90 Å². The summed E-state index contributed by atoms with van der Waals surface area (Å²) in [5, 5.41) is 0. The van der Waals surface area contributed by atoms with Gasteiger partial charge in [-0.2, -0.15) is 0 Å². The molecule has 0 amide bonds. The number of para-hydroxylation sites is 1. The summed E-state index contributed by atoms with van der Waals surface area (Å²) in [5.74, 6) is 1.09. The van der Waals surface area contributed by atoms with Crippen molar-refractivity contribution >= 4 is 11.5 Å². The number of hydrogen-bond donors (Lipinski definition) is 0. The maximum atomic E-state index is 4.67. The Balaban J connectivity index is 3.06. The summed E-state index contributed by atoms with van der Waals surface area (Å²) in [7, 11) is 4.07. The average molecular weight is 204 g/mol. The maximum absolute atomic E-state index is 4.67. The van der Waals surface area contributed by atoms with Crippen LogP contribution in [-0.2, 0) is 0 Å². The predicted octanol–water partition coefficient (Wildman–Crippen LogP) is 3.32. The summed E-state index contributed by atoms with van der Waals surface area (Å²) in [6, 6.07) is 10.1. The SMILES string of the molecule is CN(C)C(=Nc1ccccc1)C(C)(C)C. The zero-order chi connectivity index (χ0) is 11.5.